The Bertz CT molecular complexity index is 821. The van der Waals surface area contributed by atoms with E-state index >= 15 is 0 Å². The number of anilines is 1. The Morgan fingerprint density at radius 1 is 1.10 bits per heavy atom. The standard InChI is InChI=1S/C23H29N3O3/c1-18-20(10-11-22(24-18)25-13-15-28-16-14-25)21-9-5-6-12-26(21)23(27)29-17-19-7-3-2-4-8-19/h2-4,7-8,10-11,21H,5-6,9,12-17H2,1H3/t21-/m1/s1. The second-order valence-electron chi connectivity index (χ2n) is 7.69. The number of amides is 1. The van der Waals surface area contributed by atoms with Crippen molar-refractivity contribution in [3.05, 3.63) is 59.3 Å². The first-order chi connectivity index (χ1) is 14.2. The quantitative estimate of drug-likeness (QED) is 0.780. The molecule has 0 spiro atoms. The van der Waals surface area contributed by atoms with E-state index in [-0.39, 0.29) is 12.1 Å². The van der Waals surface area contributed by atoms with Gasteiger partial charge in [0.1, 0.15) is 12.4 Å². The van der Waals surface area contributed by atoms with Crippen LogP contribution in [0.25, 0.3) is 0 Å². The summed E-state index contributed by atoms with van der Waals surface area (Å²) >= 11 is 0. The summed E-state index contributed by atoms with van der Waals surface area (Å²) in [4.78, 5) is 21.8. The van der Waals surface area contributed by atoms with E-state index in [9.17, 15) is 4.79 Å². The number of carbonyl (C=O) groups is 1. The summed E-state index contributed by atoms with van der Waals surface area (Å²) in [7, 11) is 0. The number of ether oxygens (including phenoxy) is 2. The van der Waals surface area contributed by atoms with E-state index in [0.29, 0.717) is 6.61 Å². The molecule has 6 nitrogen and oxygen atoms in total. The summed E-state index contributed by atoms with van der Waals surface area (Å²) in [5.74, 6) is 0.989. The van der Waals surface area contributed by atoms with Gasteiger partial charge in [0.2, 0.25) is 0 Å². The lowest BCUT2D eigenvalue weighted by atomic mass is 9.94. The summed E-state index contributed by atoms with van der Waals surface area (Å²) < 4.78 is 11.1. The van der Waals surface area contributed by atoms with Crippen molar-refractivity contribution in [1.82, 2.24) is 9.88 Å². The number of morpholine rings is 1. The molecule has 2 aliphatic rings. The second kappa shape index (κ2) is 9.27. The molecule has 0 aliphatic carbocycles. The van der Waals surface area contributed by atoms with Gasteiger partial charge in [-0.15, -0.1) is 0 Å². The fourth-order valence-electron chi connectivity index (χ4n) is 4.15. The van der Waals surface area contributed by atoms with Crippen molar-refractivity contribution in [2.24, 2.45) is 0 Å². The minimum atomic E-state index is -0.241. The molecule has 0 saturated carbocycles. The van der Waals surface area contributed by atoms with E-state index in [1.54, 1.807) is 0 Å². The Labute approximate surface area is 172 Å². The summed E-state index contributed by atoms with van der Waals surface area (Å²) in [5, 5.41) is 0. The van der Waals surface area contributed by atoms with E-state index in [0.717, 1.165) is 74.7 Å². The van der Waals surface area contributed by atoms with Gasteiger partial charge in [0.05, 0.1) is 19.3 Å². The van der Waals surface area contributed by atoms with Gasteiger partial charge in [-0.05, 0) is 43.4 Å². The zero-order chi connectivity index (χ0) is 20.1. The van der Waals surface area contributed by atoms with Gasteiger partial charge >= 0.3 is 6.09 Å². The van der Waals surface area contributed by atoms with Crippen LogP contribution in [0.5, 0.6) is 0 Å². The van der Waals surface area contributed by atoms with Crippen molar-refractivity contribution >= 4 is 11.9 Å². The average molecular weight is 396 g/mol. The van der Waals surface area contributed by atoms with E-state index < -0.39 is 0 Å². The smallest absolute Gasteiger partial charge is 0.410 e. The normalized spacial score (nSPS) is 19.8. The van der Waals surface area contributed by atoms with Gasteiger partial charge in [0, 0.05) is 25.3 Å². The molecule has 0 radical (unpaired) electrons. The van der Waals surface area contributed by atoms with Crippen molar-refractivity contribution in [3.63, 3.8) is 0 Å². The van der Waals surface area contributed by atoms with Gasteiger partial charge in [-0.25, -0.2) is 9.78 Å². The molecule has 1 aromatic heterocycles. The SMILES string of the molecule is Cc1nc(N2CCOCC2)ccc1[C@H]1CCCCN1C(=O)OCc1ccccc1. The Balaban J connectivity index is 1.47. The number of carbonyl (C=O) groups excluding carboxylic acids is 1. The van der Waals surface area contributed by atoms with Crippen molar-refractivity contribution in [3.8, 4) is 0 Å². The van der Waals surface area contributed by atoms with Crippen LogP contribution in [0, 0.1) is 6.92 Å². The maximum Gasteiger partial charge on any atom is 0.410 e. The van der Waals surface area contributed by atoms with Crippen molar-refractivity contribution in [2.45, 2.75) is 38.8 Å². The highest BCUT2D eigenvalue weighted by Gasteiger charge is 2.30. The van der Waals surface area contributed by atoms with Gasteiger partial charge < -0.3 is 19.3 Å². The fourth-order valence-corrected chi connectivity index (χ4v) is 4.15. The highest BCUT2D eigenvalue weighted by atomic mass is 16.6. The van der Waals surface area contributed by atoms with Crippen LogP contribution >= 0.6 is 0 Å². The second-order valence-corrected chi connectivity index (χ2v) is 7.69. The summed E-state index contributed by atoms with van der Waals surface area (Å²) in [6.45, 7) is 6.29. The number of rotatable bonds is 4. The zero-order valence-corrected chi connectivity index (χ0v) is 17.0. The lowest BCUT2D eigenvalue weighted by Gasteiger charge is -2.36. The number of likely N-dealkylation sites (tertiary alicyclic amines) is 1. The number of hydrogen-bond acceptors (Lipinski definition) is 5. The predicted molar refractivity (Wildman–Crippen MR) is 112 cm³/mol. The van der Waals surface area contributed by atoms with E-state index in [2.05, 4.69) is 17.0 Å². The van der Waals surface area contributed by atoms with Gasteiger partial charge in [-0.3, -0.25) is 0 Å². The molecule has 29 heavy (non-hydrogen) atoms. The van der Waals surface area contributed by atoms with Crippen LogP contribution in [0.3, 0.4) is 0 Å². The fraction of sp³-hybridized carbons (Fsp3) is 0.478. The topological polar surface area (TPSA) is 54.9 Å². The average Bonchev–Trinajstić information content (AvgIpc) is 2.79. The van der Waals surface area contributed by atoms with E-state index in [1.165, 1.54) is 0 Å². The molecule has 2 aliphatic heterocycles. The van der Waals surface area contributed by atoms with Gasteiger partial charge in [0.15, 0.2) is 0 Å². The summed E-state index contributed by atoms with van der Waals surface area (Å²) in [6.07, 6.45) is 2.82. The van der Waals surface area contributed by atoms with Crippen LogP contribution in [0.15, 0.2) is 42.5 Å². The van der Waals surface area contributed by atoms with E-state index in [1.807, 2.05) is 42.2 Å². The minimum absolute atomic E-state index is 0.0262. The molecule has 2 aromatic rings. The van der Waals surface area contributed by atoms with Gasteiger partial charge in [0.25, 0.3) is 0 Å². The van der Waals surface area contributed by atoms with Gasteiger partial charge in [-0.1, -0.05) is 36.4 Å². The van der Waals surface area contributed by atoms with Crippen LogP contribution < -0.4 is 4.90 Å². The highest BCUT2D eigenvalue weighted by Crippen LogP contribution is 2.33. The van der Waals surface area contributed by atoms with Crippen LogP contribution in [0.1, 0.15) is 42.1 Å². The van der Waals surface area contributed by atoms with Crippen LogP contribution in [-0.4, -0.2) is 48.8 Å². The maximum absolute atomic E-state index is 12.8. The first-order valence-corrected chi connectivity index (χ1v) is 10.5. The first-order valence-electron chi connectivity index (χ1n) is 10.5. The van der Waals surface area contributed by atoms with Gasteiger partial charge in [-0.2, -0.15) is 0 Å². The molecule has 1 aromatic carbocycles. The zero-order valence-electron chi connectivity index (χ0n) is 17.0. The van der Waals surface area contributed by atoms with Crippen molar-refractivity contribution < 1.29 is 14.3 Å². The highest BCUT2D eigenvalue weighted by molar-refractivity contribution is 5.68. The molecule has 2 fully saturated rings. The molecule has 1 atom stereocenters. The van der Waals surface area contributed by atoms with Crippen molar-refractivity contribution in [2.75, 3.05) is 37.7 Å². The van der Waals surface area contributed by atoms with Crippen molar-refractivity contribution in [1.29, 1.82) is 0 Å². The molecule has 0 bridgehead atoms. The molecule has 1 amide bonds. The number of aromatic nitrogens is 1. The molecular weight excluding hydrogens is 366 g/mol. The summed E-state index contributed by atoms with van der Waals surface area (Å²) in [5.41, 5.74) is 3.11. The van der Waals surface area contributed by atoms with Crippen LogP contribution in [-0.2, 0) is 16.1 Å². The van der Waals surface area contributed by atoms with E-state index in [4.69, 9.17) is 14.5 Å². The van der Waals surface area contributed by atoms with Crippen LogP contribution in [0.2, 0.25) is 0 Å². The number of aryl methyl sites for hydroxylation is 1. The number of benzene rings is 1. The molecular formula is C23H29N3O3. The lowest BCUT2D eigenvalue weighted by molar-refractivity contribution is 0.0677. The largest absolute Gasteiger partial charge is 0.445 e. The predicted octanol–water partition coefficient (Wildman–Crippen LogP) is 4.09. The molecule has 0 unspecified atom stereocenters. The summed E-state index contributed by atoms with van der Waals surface area (Å²) in [6, 6.07) is 14.1. The molecule has 2 saturated heterocycles. The minimum Gasteiger partial charge on any atom is -0.445 e. The first kappa shape index (κ1) is 19.7. The Hall–Kier alpha value is -2.60. The molecule has 154 valence electrons. The third-order valence-electron chi connectivity index (χ3n) is 5.75. The molecule has 3 heterocycles. The molecule has 0 N–H and O–H groups in total. The number of piperidine rings is 1. The Morgan fingerprint density at radius 2 is 1.90 bits per heavy atom. The monoisotopic (exact) mass is 395 g/mol. The molecule has 6 heteroatoms. The Kier molecular flexibility index (Phi) is 6.30. The number of pyridine rings is 1. The molecule has 4 rings (SSSR count). The maximum atomic E-state index is 12.8. The third-order valence-corrected chi connectivity index (χ3v) is 5.75. The lowest BCUT2D eigenvalue weighted by Crippen LogP contribution is -2.39. The third kappa shape index (κ3) is 4.70. The number of hydrogen-bond donors (Lipinski definition) is 0. The van der Waals surface area contributed by atoms with Crippen LogP contribution in [0.4, 0.5) is 10.6 Å². The Morgan fingerprint density at radius 3 is 2.66 bits per heavy atom. The number of nitrogens with zero attached hydrogens (tertiary/aromatic N) is 3.